The Labute approximate surface area is 254 Å². The molecule has 1 atom stereocenters. The van der Waals surface area contributed by atoms with Gasteiger partial charge in [-0.2, -0.15) is 0 Å². The van der Waals surface area contributed by atoms with Gasteiger partial charge < -0.3 is 28.8 Å². The molecule has 0 radical (unpaired) electrons. The van der Waals surface area contributed by atoms with Crippen LogP contribution in [0.15, 0.2) is 58.1 Å². The molecule has 0 unspecified atom stereocenters. The van der Waals surface area contributed by atoms with E-state index in [1.807, 2.05) is 58.2 Å². The highest BCUT2D eigenvalue weighted by atomic mass is 35.5. The van der Waals surface area contributed by atoms with E-state index in [4.69, 9.17) is 16.3 Å². The van der Waals surface area contributed by atoms with E-state index in [9.17, 15) is 19.5 Å². The Morgan fingerprint density at radius 2 is 1.65 bits per heavy atom. The minimum Gasteiger partial charge on any atom is -0.508 e. The summed E-state index contributed by atoms with van der Waals surface area (Å²) in [6.45, 7) is 7.94. The number of hydrogen-bond donors (Lipinski definition) is 1. The molecule has 0 aliphatic carbocycles. The second kappa shape index (κ2) is 11.0. The molecular formula is C33H37ClN4O5. The fourth-order valence-electron chi connectivity index (χ4n) is 6.36. The molecule has 43 heavy (non-hydrogen) atoms. The summed E-state index contributed by atoms with van der Waals surface area (Å²) in [7, 11) is 2.04. The summed E-state index contributed by atoms with van der Waals surface area (Å²) in [6, 6.07) is 14.9. The van der Waals surface area contributed by atoms with E-state index in [0.717, 1.165) is 35.7 Å². The van der Waals surface area contributed by atoms with Gasteiger partial charge in [-0.15, -0.1) is 0 Å². The second-order valence-electron chi connectivity index (χ2n) is 12.9. The first-order chi connectivity index (χ1) is 20.4. The van der Waals surface area contributed by atoms with E-state index in [-0.39, 0.29) is 30.3 Å². The van der Waals surface area contributed by atoms with Crippen LogP contribution in [0.4, 0.5) is 4.79 Å². The number of benzene rings is 3. The summed E-state index contributed by atoms with van der Waals surface area (Å²) in [4.78, 5) is 43.7. The maximum atomic E-state index is 13.8. The Bertz CT molecular complexity index is 1850. The molecule has 3 heterocycles. The summed E-state index contributed by atoms with van der Waals surface area (Å²) >= 11 is 6.95. The smallest absolute Gasteiger partial charge is 0.410 e. The SMILES string of the molecule is CN1CCC[C@H]1Cn1c(=O)c(=O)n(CC2CN(C(=O)OC(C)(C)C)C2)c2cc(Cl)c(-c3cc(O)cc4ccccc34)cc21. The van der Waals surface area contributed by atoms with Crippen LogP contribution in [0.25, 0.3) is 32.9 Å². The molecule has 0 saturated carbocycles. The molecule has 2 aliphatic heterocycles. The molecule has 2 saturated heterocycles. The molecule has 9 nitrogen and oxygen atoms in total. The predicted octanol–water partition coefficient (Wildman–Crippen LogP) is 5.30. The normalized spacial score (nSPS) is 18.0. The predicted molar refractivity (Wildman–Crippen MR) is 169 cm³/mol. The number of likely N-dealkylation sites (N-methyl/N-ethyl adjacent to an activating group) is 1. The molecule has 6 rings (SSSR count). The molecule has 1 aromatic heterocycles. The molecule has 3 aromatic carbocycles. The number of aromatic nitrogens is 2. The average molecular weight is 605 g/mol. The lowest BCUT2D eigenvalue weighted by Gasteiger charge is -2.40. The molecular weight excluding hydrogens is 568 g/mol. The van der Waals surface area contributed by atoms with Crippen molar-refractivity contribution in [2.75, 3.05) is 26.7 Å². The number of carbonyl (C=O) groups is 1. The molecule has 4 aromatic rings. The van der Waals surface area contributed by atoms with Crippen LogP contribution in [-0.2, 0) is 17.8 Å². The Kier molecular flexibility index (Phi) is 7.50. The average Bonchev–Trinajstić information content (AvgIpc) is 3.32. The van der Waals surface area contributed by atoms with Crippen LogP contribution in [0.3, 0.4) is 0 Å². The van der Waals surface area contributed by atoms with Crippen molar-refractivity contribution in [3.05, 3.63) is 74.3 Å². The topological polar surface area (TPSA) is 97.0 Å². The Hall–Kier alpha value is -3.82. The zero-order chi connectivity index (χ0) is 30.6. The number of phenols is 1. The maximum absolute atomic E-state index is 13.8. The van der Waals surface area contributed by atoms with Crippen molar-refractivity contribution in [1.82, 2.24) is 18.9 Å². The van der Waals surface area contributed by atoms with Crippen molar-refractivity contribution in [3.8, 4) is 16.9 Å². The van der Waals surface area contributed by atoms with Gasteiger partial charge in [-0.25, -0.2) is 4.79 Å². The summed E-state index contributed by atoms with van der Waals surface area (Å²) in [5.41, 5.74) is 0.811. The molecule has 2 fully saturated rings. The summed E-state index contributed by atoms with van der Waals surface area (Å²) in [5.74, 6) is 0.0948. The van der Waals surface area contributed by atoms with Crippen LogP contribution < -0.4 is 11.1 Å². The van der Waals surface area contributed by atoms with Gasteiger partial charge in [-0.3, -0.25) is 9.59 Å². The molecule has 2 aliphatic rings. The highest BCUT2D eigenvalue weighted by molar-refractivity contribution is 6.34. The third-order valence-electron chi connectivity index (χ3n) is 8.57. The monoisotopic (exact) mass is 604 g/mol. The van der Waals surface area contributed by atoms with E-state index < -0.39 is 16.7 Å². The van der Waals surface area contributed by atoms with E-state index in [2.05, 4.69) is 4.90 Å². The van der Waals surface area contributed by atoms with Gasteiger partial charge in [0.25, 0.3) is 0 Å². The number of phenolic OH excluding ortho intramolecular Hbond substituents is 1. The van der Waals surface area contributed by atoms with Crippen molar-refractivity contribution in [2.24, 2.45) is 5.92 Å². The van der Waals surface area contributed by atoms with E-state index in [1.165, 1.54) is 4.57 Å². The van der Waals surface area contributed by atoms with Crippen LogP contribution in [0.2, 0.25) is 5.02 Å². The number of ether oxygens (including phenoxy) is 1. The number of nitrogens with zero attached hydrogens (tertiary/aromatic N) is 4. The number of aromatic hydroxyl groups is 1. The number of fused-ring (bicyclic) bond motifs is 2. The van der Waals surface area contributed by atoms with Gasteiger partial charge in [0.1, 0.15) is 11.4 Å². The van der Waals surface area contributed by atoms with Crippen LogP contribution >= 0.6 is 11.6 Å². The number of hydrogen-bond acceptors (Lipinski definition) is 6. The highest BCUT2D eigenvalue weighted by Gasteiger charge is 2.35. The first kappa shape index (κ1) is 29.3. The second-order valence-corrected chi connectivity index (χ2v) is 13.3. The third kappa shape index (κ3) is 5.63. The van der Waals surface area contributed by atoms with Crippen molar-refractivity contribution in [3.63, 3.8) is 0 Å². The van der Waals surface area contributed by atoms with Crippen LogP contribution in [0.1, 0.15) is 33.6 Å². The van der Waals surface area contributed by atoms with Gasteiger partial charge in [-0.1, -0.05) is 35.9 Å². The molecule has 1 amide bonds. The van der Waals surface area contributed by atoms with Crippen molar-refractivity contribution >= 4 is 39.5 Å². The number of carbonyl (C=O) groups excluding carboxylic acids is 1. The van der Waals surface area contributed by atoms with E-state index >= 15 is 0 Å². The van der Waals surface area contributed by atoms with Crippen LogP contribution in [-0.4, -0.2) is 68.5 Å². The molecule has 226 valence electrons. The standard InChI is InChI=1S/C33H37ClN4O5/c1-33(2,3)43-32(42)36-16-20(17-36)18-37-29-15-27(34)26(25-13-23(39)12-21-8-5-6-10-24(21)25)14-28(29)38(31(41)30(37)40)19-22-9-7-11-35(22)4/h5-6,8,10,12-15,20,22,39H,7,9,11,16-19H2,1-4H3/t22-/m0/s1. The van der Waals surface area contributed by atoms with E-state index in [0.29, 0.717) is 41.3 Å². The zero-order valence-corrected chi connectivity index (χ0v) is 25.7. The molecule has 10 heteroatoms. The van der Waals surface area contributed by atoms with Gasteiger partial charge in [0, 0.05) is 43.7 Å². The fourth-order valence-corrected chi connectivity index (χ4v) is 6.62. The number of likely N-dealkylation sites (tertiary alicyclic amines) is 2. The molecule has 1 N–H and O–H groups in total. The minimum atomic E-state index is -0.601. The van der Waals surface area contributed by atoms with Gasteiger partial charge in [0.05, 0.1) is 16.1 Å². The van der Waals surface area contributed by atoms with Crippen LogP contribution in [0.5, 0.6) is 5.75 Å². The summed E-state index contributed by atoms with van der Waals surface area (Å²) in [6.07, 6.45) is 1.59. The third-order valence-corrected chi connectivity index (χ3v) is 8.88. The summed E-state index contributed by atoms with van der Waals surface area (Å²) in [5, 5.41) is 12.7. The van der Waals surface area contributed by atoms with Crippen molar-refractivity contribution in [2.45, 2.75) is 58.3 Å². The first-order valence-corrected chi connectivity index (χ1v) is 15.1. The lowest BCUT2D eigenvalue weighted by atomic mass is 9.97. The lowest BCUT2D eigenvalue weighted by molar-refractivity contribution is -0.00331. The van der Waals surface area contributed by atoms with Gasteiger partial charge >= 0.3 is 17.2 Å². The number of halogens is 1. The van der Waals surface area contributed by atoms with Gasteiger partial charge in [0.2, 0.25) is 0 Å². The van der Waals surface area contributed by atoms with E-state index in [1.54, 1.807) is 27.7 Å². The lowest BCUT2D eigenvalue weighted by Crippen LogP contribution is -2.54. The first-order valence-electron chi connectivity index (χ1n) is 14.8. The zero-order valence-electron chi connectivity index (χ0n) is 25.0. The maximum Gasteiger partial charge on any atom is 0.410 e. The van der Waals surface area contributed by atoms with Gasteiger partial charge in [-0.05, 0) is 87.8 Å². The van der Waals surface area contributed by atoms with Crippen molar-refractivity contribution < 1.29 is 14.6 Å². The highest BCUT2D eigenvalue weighted by Crippen LogP contribution is 2.38. The fraction of sp³-hybridized carbons (Fsp3) is 0.424. The Morgan fingerprint density at radius 3 is 2.33 bits per heavy atom. The van der Waals surface area contributed by atoms with Crippen LogP contribution in [0, 0.1) is 5.92 Å². The minimum absolute atomic E-state index is 0.0156. The number of rotatable bonds is 5. The quantitative estimate of drug-likeness (QED) is 0.310. The Morgan fingerprint density at radius 1 is 0.977 bits per heavy atom. The molecule has 0 spiro atoms. The van der Waals surface area contributed by atoms with Crippen molar-refractivity contribution in [1.29, 1.82) is 0 Å². The Balaban J connectivity index is 1.46. The number of amides is 1. The summed E-state index contributed by atoms with van der Waals surface area (Å²) < 4.78 is 8.59. The van der Waals surface area contributed by atoms with Gasteiger partial charge in [0.15, 0.2) is 0 Å². The molecule has 0 bridgehead atoms. The largest absolute Gasteiger partial charge is 0.508 e.